The largest absolute Gasteiger partial charge is 0.393 e. The fourth-order valence-corrected chi connectivity index (χ4v) is 2.72. The van der Waals surface area contributed by atoms with E-state index in [1.165, 1.54) is 24.1 Å². The minimum absolute atomic E-state index is 0.0733. The Morgan fingerprint density at radius 2 is 2.31 bits per heavy atom. The third-order valence-electron chi connectivity index (χ3n) is 2.82. The number of hydrogen-bond donors (Lipinski definition) is 1. The molecular formula is C10H15NOS. The van der Waals surface area contributed by atoms with Gasteiger partial charge in [0.05, 0.1) is 11.6 Å². The molecule has 1 aromatic rings. The van der Waals surface area contributed by atoms with Crippen molar-refractivity contribution in [1.82, 2.24) is 4.98 Å². The van der Waals surface area contributed by atoms with Crippen molar-refractivity contribution in [2.24, 2.45) is 5.92 Å². The molecule has 2 rings (SSSR count). The van der Waals surface area contributed by atoms with Crippen LogP contribution in [0.2, 0.25) is 0 Å². The molecule has 1 N–H and O–H groups in total. The van der Waals surface area contributed by atoms with Crippen LogP contribution in [0.25, 0.3) is 0 Å². The minimum atomic E-state index is -0.0733. The van der Waals surface area contributed by atoms with Crippen molar-refractivity contribution in [3.63, 3.8) is 0 Å². The van der Waals surface area contributed by atoms with E-state index in [0.29, 0.717) is 5.92 Å². The predicted molar refractivity (Wildman–Crippen MR) is 53.8 cm³/mol. The molecule has 13 heavy (non-hydrogen) atoms. The van der Waals surface area contributed by atoms with Gasteiger partial charge in [-0.25, -0.2) is 0 Å². The summed E-state index contributed by atoms with van der Waals surface area (Å²) >= 11 is 1.70. The molecule has 72 valence electrons. The van der Waals surface area contributed by atoms with Gasteiger partial charge in [0.25, 0.3) is 0 Å². The number of aliphatic hydroxyl groups is 1. The van der Waals surface area contributed by atoms with Crippen molar-refractivity contribution in [2.45, 2.75) is 38.2 Å². The molecule has 0 radical (unpaired) electrons. The predicted octanol–water partition coefficient (Wildman–Crippen LogP) is 2.24. The van der Waals surface area contributed by atoms with Crippen LogP contribution in [0.4, 0.5) is 0 Å². The first-order chi connectivity index (χ1) is 6.36. The summed E-state index contributed by atoms with van der Waals surface area (Å²) in [5.74, 6) is 0.481. The number of thiazole rings is 1. The first-order valence-electron chi connectivity index (χ1n) is 4.91. The van der Waals surface area contributed by atoms with E-state index in [1.54, 1.807) is 11.3 Å². The monoisotopic (exact) mass is 197 g/mol. The van der Waals surface area contributed by atoms with Gasteiger partial charge in [-0.3, -0.25) is 4.98 Å². The number of hydrogen-bond acceptors (Lipinski definition) is 3. The topological polar surface area (TPSA) is 33.1 Å². The van der Waals surface area contributed by atoms with Crippen LogP contribution in [0, 0.1) is 5.92 Å². The molecule has 0 bridgehead atoms. The number of aromatic nitrogens is 1. The maximum absolute atomic E-state index is 9.75. The zero-order valence-electron chi connectivity index (χ0n) is 7.65. The molecule has 2 nitrogen and oxygen atoms in total. The lowest BCUT2D eigenvalue weighted by atomic mass is 9.84. The molecule has 1 saturated carbocycles. The standard InChI is InChI=1S/C10H15NOS/c12-10-4-2-1-3-8(10)5-9-6-11-7-13-9/h6-8,10,12H,1-5H2/t8-,10+/m0/s1. The van der Waals surface area contributed by atoms with Gasteiger partial charge >= 0.3 is 0 Å². The lowest BCUT2D eigenvalue weighted by molar-refractivity contribution is 0.0704. The zero-order chi connectivity index (χ0) is 9.10. The van der Waals surface area contributed by atoms with Gasteiger partial charge in [-0.1, -0.05) is 12.8 Å². The molecule has 0 saturated heterocycles. The molecule has 0 aromatic carbocycles. The van der Waals surface area contributed by atoms with Gasteiger partial charge in [0.2, 0.25) is 0 Å². The van der Waals surface area contributed by atoms with Crippen molar-refractivity contribution in [3.8, 4) is 0 Å². The van der Waals surface area contributed by atoms with Crippen LogP contribution in [0.5, 0.6) is 0 Å². The molecule has 1 aliphatic carbocycles. The van der Waals surface area contributed by atoms with Crippen molar-refractivity contribution >= 4 is 11.3 Å². The van der Waals surface area contributed by atoms with Crippen molar-refractivity contribution in [1.29, 1.82) is 0 Å². The molecule has 1 aromatic heterocycles. The fourth-order valence-electron chi connectivity index (χ4n) is 2.03. The highest BCUT2D eigenvalue weighted by Crippen LogP contribution is 2.28. The highest BCUT2D eigenvalue weighted by Gasteiger charge is 2.23. The molecule has 0 spiro atoms. The molecule has 2 atom stereocenters. The SMILES string of the molecule is O[C@@H]1CCCC[C@H]1Cc1cncs1. The quantitative estimate of drug-likeness (QED) is 0.788. The first kappa shape index (κ1) is 9.16. The molecule has 3 heteroatoms. The van der Waals surface area contributed by atoms with Crippen LogP contribution in [0.15, 0.2) is 11.7 Å². The van der Waals surface area contributed by atoms with Crippen molar-refractivity contribution in [3.05, 3.63) is 16.6 Å². The normalized spacial score (nSPS) is 29.0. The Labute approximate surface area is 82.6 Å². The maximum Gasteiger partial charge on any atom is 0.0794 e. The third-order valence-corrected chi connectivity index (χ3v) is 3.62. The minimum Gasteiger partial charge on any atom is -0.393 e. The Balaban J connectivity index is 1.93. The summed E-state index contributed by atoms with van der Waals surface area (Å²) in [4.78, 5) is 5.36. The summed E-state index contributed by atoms with van der Waals surface area (Å²) in [5.41, 5.74) is 1.87. The van der Waals surface area contributed by atoms with Gasteiger partial charge in [0.1, 0.15) is 0 Å². The van der Waals surface area contributed by atoms with Gasteiger partial charge in [-0.05, 0) is 25.2 Å². The molecule has 1 fully saturated rings. The van der Waals surface area contributed by atoms with E-state index in [1.807, 2.05) is 11.7 Å². The van der Waals surface area contributed by atoms with E-state index in [9.17, 15) is 5.11 Å². The Morgan fingerprint density at radius 3 is 3.00 bits per heavy atom. The molecule has 1 aliphatic rings. The zero-order valence-corrected chi connectivity index (χ0v) is 8.46. The third kappa shape index (κ3) is 2.29. The maximum atomic E-state index is 9.75. The van der Waals surface area contributed by atoms with Gasteiger partial charge in [0, 0.05) is 11.1 Å². The summed E-state index contributed by atoms with van der Waals surface area (Å²) < 4.78 is 0. The van der Waals surface area contributed by atoms with E-state index >= 15 is 0 Å². The fraction of sp³-hybridized carbons (Fsp3) is 0.700. The average Bonchev–Trinajstić information content (AvgIpc) is 2.61. The summed E-state index contributed by atoms with van der Waals surface area (Å²) in [5, 5.41) is 9.75. The second-order valence-electron chi connectivity index (χ2n) is 3.78. The second kappa shape index (κ2) is 4.20. The van der Waals surface area contributed by atoms with Crippen LogP contribution >= 0.6 is 11.3 Å². The summed E-state index contributed by atoms with van der Waals surface area (Å²) in [6.07, 6.45) is 7.51. The van der Waals surface area contributed by atoms with Gasteiger partial charge in [0.15, 0.2) is 0 Å². The summed E-state index contributed by atoms with van der Waals surface area (Å²) in [6, 6.07) is 0. The second-order valence-corrected chi connectivity index (χ2v) is 4.75. The number of rotatable bonds is 2. The molecule has 0 amide bonds. The van der Waals surface area contributed by atoms with Crippen LogP contribution in [-0.4, -0.2) is 16.2 Å². The first-order valence-corrected chi connectivity index (χ1v) is 5.79. The Morgan fingerprint density at radius 1 is 1.46 bits per heavy atom. The summed E-state index contributed by atoms with van der Waals surface area (Å²) in [7, 11) is 0. The molecule has 0 aliphatic heterocycles. The van der Waals surface area contributed by atoms with Crippen LogP contribution in [0.3, 0.4) is 0 Å². The summed E-state index contributed by atoms with van der Waals surface area (Å²) in [6.45, 7) is 0. The Kier molecular flexibility index (Phi) is 2.96. The number of nitrogens with zero attached hydrogens (tertiary/aromatic N) is 1. The van der Waals surface area contributed by atoms with Crippen molar-refractivity contribution in [2.75, 3.05) is 0 Å². The van der Waals surface area contributed by atoms with Gasteiger partial charge in [-0.2, -0.15) is 0 Å². The van der Waals surface area contributed by atoms with Gasteiger partial charge in [-0.15, -0.1) is 11.3 Å². The van der Waals surface area contributed by atoms with E-state index in [0.717, 1.165) is 12.8 Å². The lowest BCUT2D eigenvalue weighted by Crippen LogP contribution is -2.25. The molecule has 0 unspecified atom stereocenters. The van der Waals surface area contributed by atoms with E-state index in [-0.39, 0.29) is 6.10 Å². The van der Waals surface area contributed by atoms with Crippen molar-refractivity contribution < 1.29 is 5.11 Å². The molecule has 1 heterocycles. The Bertz CT molecular complexity index is 247. The lowest BCUT2D eigenvalue weighted by Gasteiger charge is -2.26. The highest BCUT2D eigenvalue weighted by atomic mass is 32.1. The van der Waals surface area contributed by atoms with Crippen LogP contribution < -0.4 is 0 Å². The smallest absolute Gasteiger partial charge is 0.0794 e. The van der Waals surface area contributed by atoms with E-state index in [2.05, 4.69) is 4.98 Å². The van der Waals surface area contributed by atoms with E-state index < -0.39 is 0 Å². The van der Waals surface area contributed by atoms with Crippen LogP contribution in [0.1, 0.15) is 30.6 Å². The van der Waals surface area contributed by atoms with Crippen LogP contribution in [-0.2, 0) is 6.42 Å². The van der Waals surface area contributed by atoms with Gasteiger partial charge < -0.3 is 5.11 Å². The number of aliphatic hydroxyl groups excluding tert-OH is 1. The van der Waals surface area contributed by atoms with E-state index in [4.69, 9.17) is 0 Å². The molecular weight excluding hydrogens is 182 g/mol. The highest BCUT2D eigenvalue weighted by molar-refractivity contribution is 7.09. The average molecular weight is 197 g/mol. The Hall–Kier alpha value is -0.410.